The molecule has 16 nitrogen and oxygen atoms in total. The quantitative estimate of drug-likeness (QED) is 0.199. The molecule has 2 aliphatic carbocycles. The Morgan fingerprint density at radius 2 is 1.81 bits per heavy atom. The number of carbonyl (C=O) groups excluding carboxylic acids is 4. The van der Waals surface area contributed by atoms with Gasteiger partial charge in [-0.1, -0.05) is 12.1 Å². The molecule has 0 saturated carbocycles. The number of aliphatic hydroxyl groups is 1. The van der Waals surface area contributed by atoms with Crippen LogP contribution in [-0.2, 0) is 49.2 Å². The summed E-state index contributed by atoms with van der Waals surface area (Å²) in [4.78, 5) is 55.5. The predicted molar refractivity (Wildman–Crippen MR) is 174 cm³/mol. The standard InChI is InChI=1S/C36H41NO15/c1-5-48-23(39)15-47-14-22(38)36(44)12-18-26(32(43)28-27(30(18)41)29(40)17-7-6-8-20(45-3)25(17)31(28)42)21(13-36)51-24-11-19-33(16(2)50-24)52-34-35(46-4)49-10-9-37(19)34/h6-8,16,19,21,24,33-35,41,43-44H,5,9-15H2,1-4H3/t16-,19?,21-,24-,33?,34+,35-,36-/m0/s1. The van der Waals surface area contributed by atoms with Crippen LogP contribution in [0.1, 0.15) is 75.8 Å². The molecule has 2 unspecified atom stereocenters. The predicted octanol–water partition coefficient (Wildman–Crippen LogP) is 1.30. The molecule has 16 heteroatoms. The molecule has 0 bridgehead atoms. The number of fused-ring (bicyclic) bond motifs is 6. The molecule has 2 aromatic rings. The molecule has 3 heterocycles. The summed E-state index contributed by atoms with van der Waals surface area (Å²) < 4.78 is 45.7. The maximum Gasteiger partial charge on any atom is 0.332 e. The summed E-state index contributed by atoms with van der Waals surface area (Å²) in [6.07, 6.45) is -5.04. The van der Waals surface area contributed by atoms with E-state index in [9.17, 15) is 34.5 Å². The number of aromatic hydroxyl groups is 2. The number of Topliss-reactive ketones (excluding diaryl/α,β-unsaturated/α-hetero) is 1. The second-order valence-corrected chi connectivity index (χ2v) is 13.4. The van der Waals surface area contributed by atoms with Gasteiger partial charge < -0.3 is 53.2 Å². The van der Waals surface area contributed by atoms with Gasteiger partial charge in [-0.25, -0.2) is 4.79 Å². The number of rotatable bonds is 10. The molecule has 0 amide bonds. The van der Waals surface area contributed by atoms with Crippen LogP contribution < -0.4 is 4.74 Å². The van der Waals surface area contributed by atoms with Gasteiger partial charge >= 0.3 is 5.97 Å². The summed E-state index contributed by atoms with van der Waals surface area (Å²) in [5.74, 6) is -4.31. The van der Waals surface area contributed by atoms with Crippen LogP contribution in [0.3, 0.4) is 0 Å². The van der Waals surface area contributed by atoms with Crippen LogP contribution in [0, 0.1) is 0 Å². The summed E-state index contributed by atoms with van der Waals surface area (Å²) in [5.41, 5.74) is -3.58. The van der Waals surface area contributed by atoms with E-state index >= 15 is 0 Å². The monoisotopic (exact) mass is 727 g/mol. The van der Waals surface area contributed by atoms with Crippen molar-refractivity contribution >= 4 is 23.3 Å². The largest absolute Gasteiger partial charge is 0.507 e. The molecule has 2 aromatic carbocycles. The van der Waals surface area contributed by atoms with Crippen LogP contribution >= 0.6 is 0 Å². The summed E-state index contributed by atoms with van der Waals surface area (Å²) in [6, 6.07) is 4.22. The lowest BCUT2D eigenvalue weighted by Crippen LogP contribution is -2.55. The zero-order valence-corrected chi connectivity index (χ0v) is 29.1. The van der Waals surface area contributed by atoms with Crippen molar-refractivity contribution in [1.82, 2.24) is 4.90 Å². The molecule has 7 rings (SSSR count). The van der Waals surface area contributed by atoms with Crippen LogP contribution in [0.15, 0.2) is 18.2 Å². The number of ketones is 3. The number of phenolic OH excluding ortho intramolecular Hbond substituents is 2. The van der Waals surface area contributed by atoms with E-state index < -0.39 is 109 Å². The van der Waals surface area contributed by atoms with E-state index in [1.165, 1.54) is 32.4 Å². The van der Waals surface area contributed by atoms with Crippen LogP contribution in [-0.4, -0.2) is 133 Å². The number of carbonyl (C=O) groups is 4. The van der Waals surface area contributed by atoms with Crippen molar-refractivity contribution in [2.75, 3.05) is 47.2 Å². The van der Waals surface area contributed by atoms with Gasteiger partial charge in [0, 0.05) is 55.6 Å². The van der Waals surface area contributed by atoms with Gasteiger partial charge in [0.1, 0.15) is 42.2 Å². The van der Waals surface area contributed by atoms with Crippen molar-refractivity contribution in [2.24, 2.45) is 0 Å². The van der Waals surface area contributed by atoms with Gasteiger partial charge in [-0.2, -0.15) is 0 Å². The fraction of sp³-hybridized carbons (Fsp3) is 0.556. The topological polar surface area (TPSA) is 206 Å². The first-order valence-electron chi connectivity index (χ1n) is 17.1. The highest BCUT2D eigenvalue weighted by molar-refractivity contribution is 6.31. The van der Waals surface area contributed by atoms with Crippen molar-refractivity contribution in [3.63, 3.8) is 0 Å². The summed E-state index contributed by atoms with van der Waals surface area (Å²) in [6.45, 7) is 3.26. The number of morpholine rings is 1. The third-order valence-electron chi connectivity index (χ3n) is 10.5. The Hall–Kier alpha value is -4.00. The third-order valence-corrected chi connectivity index (χ3v) is 10.5. The first-order chi connectivity index (χ1) is 24.9. The Balaban J connectivity index is 1.26. The number of hydrogen-bond donors (Lipinski definition) is 3. The first kappa shape index (κ1) is 36.4. The number of benzene rings is 2. The number of nitrogens with zero attached hydrogens (tertiary/aromatic N) is 1. The lowest BCUT2D eigenvalue weighted by molar-refractivity contribution is -0.256. The summed E-state index contributed by atoms with van der Waals surface area (Å²) in [7, 11) is 2.87. The molecule has 280 valence electrons. The van der Waals surface area contributed by atoms with E-state index in [1.54, 1.807) is 6.92 Å². The minimum absolute atomic E-state index is 0.0520. The Morgan fingerprint density at radius 3 is 2.54 bits per heavy atom. The van der Waals surface area contributed by atoms with E-state index in [1.807, 2.05) is 6.92 Å². The second kappa shape index (κ2) is 14.1. The van der Waals surface area contributed by atoms with Gasteiger partial charge in [0.15, 0.2) is 30.4 Å². The first-order valence-corrected chi connectivity index (χ1v) is 17.1. The van der Waals surface area contributed by atoms with Gasteiger partial charge in [0.05, 0.1) is 49.2 Å². The molecule has 0 radical (unpaired) electrons. The second-order valence-electron chi connectivity index (χ2n) is 13.4. The Bertz CT molecular complexity index is 1800. The third kappa shape index (κ3) is 5.96. The van der Waals surface area contributed by atoms with Crippen LogP contribution in [0.5, 0.6) is 17.2 Å². The molecule has 0 spiro atoms. The van der Waals surface area contributed by atoms with Gasteiger partial charge in [-0.3, -0.25) is 19.3 Å². The molecule has 52 heavy (non-hydrogen) atoms. The van der Waals surface area contributed by atoms with Crippen molar-refractivity contribution in [3.05, 3.63) is 51.6 Å². The van der Waals surface area contributed by atoms with Gasteiger partial charge in [-0.15, -0.1) is 0 Å². The lowest BCUT2D eigenvalue weighted by Gasteiger charge is -2.43. The molecular weight excluding hydrogens is 686 g/mol. The highest BCUT2D eigenvalue weighted by Crippen LogP contribution is 2.53. The normalized spacial score (nSPS) is 30.8. The van der Waals surface area contributed by atoms with E-state index in [0.29, 0.717) is 13.2 Å². The molecule has 8 atom stereocenters. The lowest BCUT2D eigenvalue weighted by atomic mass is 9.72. The van der Waals surface area contributed by atoms with Gasteiger partial charge in [-0.05, 0) is 19.9 Å². The minimum Gasteiger partial charge on any atom is -0.507 e. The summed E-state index contributed by atoms with van der Waals surface area (Å²) >= 11 is 0. The fourth-order valence-electron chi connectivity index (χ4n) is 8.11. The van der Waals surface area contributed by atoms with Crippen LogP contribution in [0.25, 0.3) is 0 Å². The number of ether oxygens (including phenoxy) is 8. The van der Waals surface area contributed by atoms with Crippen molar-refractivity contribution < 1.29 is 72.4 Å². The Kier molecular flexibility index (Phi) is 9.86. The van der Waals surface area contributed by atoms with Crippen molar-refractivity contribution in [2.45, 2.75) is 81.9 Å². The van der Waals surface area contributed by atoms with Crippen molar-refractivity contribution in [3.8, 4) is 17.2 Å². The smallest absolute Gasteiger partial charge is 0.332 e. The minimum atomic E-state index is -2.27. The number of hydrogen-bond acceptors (Lipinski definition) is 16. The zero-order chi connectivity index (χ0) is 37.1. The molecule has 3 aliphatic heterocycles. The Morgan fingerprint density at radius 1 is 1.04 bits per heavy atom. The number of phenols is 2. The molecule has 5 aliphatic rings. The highest BCUT2D eigenvalue weighted by Gasteiger charge is 2.55. The maximum atomic E-state index is 14.0. The van der Waals surface area contributed by atoms with Crippen LogP contribution in [0.4, 0.5) is 0 Å². The van der Waals surface area contributed by atoms with Gasteiger partial charge in [0.25, 0.3) is 0 Å². The average molecular weight is 728 g/mol. The highest BCUT2D eigenvalue weighted by atomic mass is 16.7. The molecule has 3 N–H and O–H groups in total. The number of methoxy groups -OCH3 is 2. The van der Waals surface area contributed by atoms with E-state index in [0.717, 1.165) is 0 Å². The number of esters is 1. The van der Waals surface area contributed by atoms with E-state index in [4.69, 9.17) is 37.9 Å². The zero-order valence-electron chi connectivity index (χ0n) is 29.1. The van der Waals surface area contributed by atoms with Crippen molar-refractivity contribution in [1.29, 1.82) is 0 Å². The van der Waals surface area contributed by atoms with E-state index in [-0.39, 0.29) is 53.2 Å². The summed E-state index contributed by atoms with van der Waals surface area (Å²) in [5, 5.41) is 35.6. The SMILES string of the molecule is CCOC(=O)COCC(=O)[C@]1(O)Cc2c(O)c3c(c(O)c2[C@@H](O[C@H]2CC4C(O[C@@H]5[C@@H](OC)OCCN45)[C@H](C)O2)C1)C(=O)c1c(OC)cccc1C3=O. The average Bonchev–Trinajstić information content (AvgIpc) is 3.51. The maximum absolute atomic E-state index is 14.0. The van der Waals surface area contributed by atoms with Gasteiger partial charge in [0.2, 0.25) is 5.78 Å². The molecule has 3 fully saturated rings. The Labute approximate surface area is 298 Å². The molecule has 3 saturated heterocycles. The van der Waals surface area contributed by atoms with Crippen LogP contribution in [0.2, 0.25) is 0 Å². The fourth-order valence-corrected chi connectivity index (χ4v) is 8.11. The molecule has 0 aromatic heterocycles. The molecular formula is C36H41NO15. The van der Waals surface area contributed by atoms with E-state index in [2.05, 4.69) is 4.90 Å².